The van der Waals surface area contributed by atoms with Crippen molar-refractivity contribution in [2.45, 2.75) is 45.1 Å². The van der Waals surface area contributed by atoms with Crippen molar-refractivity contribution in [2.24, 2.45) is 5.92 Å². The molecule has 1 amide bonds. The van der Waals surface area contributed by atoms with Gasteiger partial charge in [-0.25, -0.2) is 0 Å². The van der Waals surface area contributed by atoms with Gasteiger partial charge in [0.25, 0.3) is 5.91 Å². The summed E-state index contributed by atoms with van der Waals surface area (Å²) in [5, 5.41) is 12.6. The average Bonchev–Trinajstić information content (AvgIpc) is 3.12. The van der Waals surface area contributed by atoms with Gasteiger partial charge in [-0.3, -0.25) is 14.7 Å². The lowest BCUT2D eigenvalue weighted by Crippen LogP contribution is -2.43. The van der Waals surface area contributed by atoms with E-state index in [1.165, 1.54) is 5.56 Å². The number of hydrogen-bond acceptors (Lipinski definition) is 6. The third-order valence-electron chi connectivity index (χ3n) is 8.71. The Morgan fingerprint density at radius 3 is 2.30 bits per heavy atom. The summed E-state index contributed by atoms with van der Waals surface area (Å²) in [7, 11) is 2.13. The minimum atomic E-state index is -0.564. The summed E-state index contributed by atoms with van der Waals surface area (Å²) in [6.07, 6.45) is 2.38. The molecule has 0 bridgehead atoms. The molecular weight excluding hydrogens is 586 g/mol. The zero-order valence-corrected chi connectivity index (χ0v) is 26.8. The number of nitrogens with one attached hydrogen (secondary N) is 1. The monoisotopic (exact) mass is 627 g/mol. The molecule has 1 aliphatic heterocycles. The molecule has 1 saturated heterocycles. The molecule has 0 spiro atoms. The van der Waals surface area contributed by atoms with E-state index in [0.29, 0.717) is 12.1 Å². The van der Waals surface area contributed by atoms with Gasteiger partial charge in [0, 0.05) is 43.5 Å². The highest BCUT2D eigenvalue weighted by Crippen LogP contribution is 2.42. The van der Waals surface area contributed by atoms with Crippen molar-refractivity contribution in [3.8, 4) is 11.1 Å². The van der Waals surface area contributed by atoms with Gasteiger partial charge in [0.05, 0.1) is 24.4 Å². The van der Waals surface area contributed by atoms with Crippen LogP contribution >= 0.6 is 0 Å². The number of ether oxygens (including phenoxy) is 2. The van der Waals surface area contributed by atoms with E-state index in [0.717, 1.165) is 46.5 Å². The highest BCUT2D eigenvalue weighted by molar-refractivity contribution is 5.93. The molecule has 7 heteroatoms. The largest absolute Gasteiger partial charge is 0.392 e. The zero-order chi connectivity index (χ0) is 32.6. The summed E-state index contributed by atoms with van der Waals surface area (Å²) < 4.78 is 13.5. The van der Waals surface area contributed by atoms with Crippen molar-refractivity contribution in [3.63, 3.8) is 0 Å². The Balaban J connectivity index is 1.22. The van der Waals surface area contributed by atoms with E-state index < -0.39 is 6.29 Å². The van der Waals surface area contributed by atoms with Crippen LogP contribution in [0.3, 0.4) is 0 Å². The maximum Gasteiger partial charge on any atom is 0.253 e. The third-order valence-corrected chi connectivity index (χ3v) is 8.71. The van der Waals surface area contributed by atoms with Crippen LogP contribution in [0.2, 0.25) is 0 Å². The number of nitrogens with zero attached hydrogens (tertiary/aromatic N) is 2. The summed E-state index contributed by atoms with van der Waals surface area (Å²) >= 11 is 0. The number of carbonyl (C=O) groups excluding carboxylic acids is 1. The smallest absolute Gasteiger partial charge is 0.253 e. The molecular formula is C40H41N3O4. The quantitative estimate of drug-likeness (QED) is 0.163. The molecule has 4 unspecified atom stereocenters. The number of amides is 1. The molecule has 5 aromatic rings. The topological polar surface area (TPSA) is 83.9 Å². The first-order valence-electron chi connectivity index (χ1n) is 16.1. The minimum Gasteiger partial charge on any atom is -0.392 e. The minimum absolute atomic E-state index is 0.00483. The molecule has 4 atom stereocenters. The van der Waals surface area contributed by atoms with Crippen LogP contribution in [0.1, 0.15) is 57.5 Å². The Morgan fingerprint density at radius 1 is 0.809 bits per heavy atom. The van der Waals surface area contributed by atoms with Crippen LogP contribution in [0.4, 0.5) is 0 Å². The van der Waals surface area contributed by atoms with E-state index in [4.69, 9.17) is 9.47 Å². The van der Waals surface area contributed by atoms with Gasteiger partial charge in [-0.1, -0.05) is 97.9 Å². The van der Waals surface area contributed by atoms with Gasteiger partial charge in [0.1, 0.15) is 0 Å². The van der Waals surface area contributed by atoms with Crippen molar-refractivity contribution >= 4 is 5.91 Å². The SMILES string of the molecule is CC1C(CN(C)Cc2ccccc2)OC(c2cccc(-c3cccc(CNC(=O)c4cccnc4)c3)c2)OC1c1ccc(CO)cc1. The van der Waals surface area contributed by atoms with E-state index in [2.05, 4.69) is 95.9 Å². The second-order valence-electron chi connectivity index (χ2n) is 12.3. The van der Waals surface area contributed by atoms with Gasteiger partial charge in [-0.15, -0.1) is 0 Å². The van der Waals surface area contributed by atoms with E-state index in [-0.39, 0.29) is 30.6 Å². The van der Waals surface area contributed by atoms with Crippen molar-refractivity contribution < 1.29 is 19.4 Å². The zero-order valence-electron chi connectivity index (χ0n) is 26.8. The number of benzene rings is 4. The van der Waals surface area contributed by atoms with Gasteiger partial charge in [0.2, 0.25) is 0 Å². The molecule has 7 nitrogen and oxygen atoms in total. The van der Waals surface area contributed by atoms with Crippen LogP contribution in [0.25, 0.3) is 11.1 Å². The standard InChI is InChI=1S/C40H41N3O4/c1-28-37(26-43(2)25-29-9-4-3-5-10-29)46-40(47-38(28)32-18-16-30(27-44)17-19-32)35-14-7-13-34(22-35)33-12-6-11-31(21-33)23-42-39(45)36-15-8-20-41-24-36/h3-22,24,28,37-38,40,44H,23,25-27H2,1-2H3,(H,42,45). The Bertz CT molecular complexity index is 1750. The number of aromatic nitrogens is 1. The summed E-state index contributed by atoms with van der Waals surface area (Å²) in [6.45, 7) is 4.17. The molecule has 2 heterocycles. The first-order chi connectivity index (χ1) is 23.0. The molecule has 1 aromatic heterocycles. The van der Waals surface area contributed by atoms with E-state index in [1.54, 1.807) is 24.5 Å². The highest BCUT2D eigenvalue weighted by Gasteiger charge is 2.39. The molecule has 0 saturated carbocycles. The Kier molecular flexibility index (Phi) is 10.5. The molecule has 2 N–H and O–H groups in total. The number of hydrogen-bond donors (Lipinski definition) is 2. The number of rotatable bonds is 11. The fourth-order valence-electron chi connectivity index (χ4n) is 6.10. The number of likely N-dealkylation sites (N-methyl/N-ethyl adjacent to an activating group) is 1. The lowest BCUT2D eigenvalue weighted by Gasteiger charge is -2.42. The number of pyridine rings is 1. The van der Waals surface area contributed by atoms with Gasteiger partial charge in [-0.05, 0) is 64.7 Å². The molecule has 47 heavy (non-hydrogen) atoms. The summed E-state index contributed by atoms with van der Waals surface area (Å²) in [4.78, 5) is 18.9. The van der Waals surface area contributed by atoms with Crippen LogP contribution < -0.4 is 5.32 Å². The van der Waals surface area contributed by atoms with Crippen molar-refractivity contribution in [1.82, 2.24) is 15.2 Å². The highest BCUT2D eigenvalue weighted by atomic mass is 16.7. The van der Waals surface area contributed by atoms with Crippen LogP contribution in [-0.2, 0) is 29.2 Å². The summed E-state index contributed by atoms with van der Waals surface area (Å²) in [6, 6.07) is 38.5. The number of aliphatic hydroxyl groups excluding tert-OH is 1. The van der Waals surface area contributed by atoms with Gasteiger partial charge < -0.3 is 19.9 Å². The third kappa shape index (κ3) is 8.20. The molecule has 1 aliphatic rings. The fraction of sp³-hybridized carbons (Fsp3) is 0.250. The normalized spacial score (nSPS) is 19.4. The molecule has 240 valence electrons. The van der Waals surface area contributed by atoms with Crippen molar-refractivity contribution in [1.29, 1.82) is 0 Å². The van der Waals surface area contributed by atoms with Crippen LogP contribution in [0.5, 0.6) is 0 Å². The first kappa shape index (κ1) is 32.3. The molecule has 0 radical (unpaired) electrons. The summed E-state index contributed by atoms with van der Waals surface area (Å²) in [5.41, 5.74) is 7.75. The Labute approximate surface area is 276 Å². The van der Waals surface area contributed by atoms with Gasteiger partial charge in [0.15, 0.2) is 6.29 Å². The second-order valence-corrected chi connectivity index (χ2v) is 12.3. The maximum atomic E-state index is 12.6. The molecule has 1 fully saturated rings. The van der Waals surface area contributed by atoms with Gasteiger partial charge >= 0.3 is 0 Å². The second kappa shape index (κ2) is 15.3. The lowest BCUT2D eigenvalue weighted by molar-refractivity contribution is -0.276. The van der Waals surface area contributed by atoms with Crippen LogP contribution in [0.15, 0.2) is 128 Å². The fourth-order valence-corrected chi connectivity index (χ4v) is 6.10. The Morgan fingerprint density at radius 2 is 1.55 bits per heavy atom. The van der Waals surface area contributed by atoms with Crippen molar-refractivity contribution in [2.75, 3.05) is 13.6 Å². The summed E-state index contributed by atoms with van der Waals surface area (Å²) in [5.74, 6) is -0.0676. The lowest BCUT2D eigenvalue weighted by atomic mass is 9.90. The number of aliphatic hydroxyl groups is 1. The van der Waals surface area contributed by atoms with E-state index >= 15 is 0 Å². The van der Waals surface area contributed by atoms with Gasteiger partial charge in [-0.2, -0.15) is 0 Å². The predicted octanol–water partition coefficient (Wildman–Crippen LogP) is 7.09. The molecule has 4 aromatic carbocycles. The predicted molar refractivity (Wildman–Crippen MR) is 183 cm³/mol. The average molecular weight is 628 g/mol. The molecule has 6 rings (SSSR count). The number of carbonyl (C=O) groups is 1. The van der Waals surface area contributed by atoms with Crippen molar-refractivity contribution in [3.05, 3.63) is 161 Å². The molecule has 0 aliphatic carbocycles. The first-order valence-corrected chi connectivity index (χ1v) is 16.1. The maximum absolute atomic E-state index is 12.6. The van der Waals surface area contributed by atoms with E-state index in [1.807, 2.05) is 36.4 Å². The van der Waals surface area contributed by atoms with E-state index in [9.17, 15) is 9.90 Å². The van der Waals surface area contributed by atoms with Crippen LogP contribution in [0, 0.1) is 5.92 Å². The van der Waals surface area contributed by atoms with Crippen LogP contribution in [-0.4, -0.2) is 40.6 Å². The Hall–Kier alpha value is -4.66.